The van der Waals surface area contributed by atoms with E-state index in [9.17, 15) is 0 Å². The van der Waals surface area contributed by atoms with Gasteiger partial charge in [-0.2, -0.15) is 0 Å². The van der Waals surface area contributed by atoms with E-state index in [1.807, 2.05) is 26.0 Å². The average molecular weight is 244 g/mol. The van der Waals surface area contributed by atoms with Crippen LogP contribution in [0.2, 0.25) is 5.02 Å². The average Bonchev–Trinajstić information content (AvgIpc) is 2.25. The summed E-state index contributed by atoms with van der Waals surface area (Å²) in [7, 11) is 6.01. The maximum atomic E-state index is 8.95. The molecule has 0 aromatic carbocycles. The van der Waals surface area contributed by atoms with E-state index in [1.165, 1.54) is 0 Å². The molecule has 1 aromatic rings. The molecule has 5 heteroatoms. The van der Waals surface area contributed by atoms with Gasteiger partial charge >= 0.3 is 0 Å². The fraction of sp³-hybridized carbons (Fsp3) is 0.545. The first kappa shape index (κ1) is 13.2. The van der Waals surface area contributed by atoms with E-state index in [2.05, 4.69) is 9.88 Å². The second-order valence-corrected chi connectivity index (χ2v) is 4.44. The molecule has 4 nitrogen and oxygen atoms in total. The normalized spacial score (nSPS) is 10.9. The minimum atomic E-state index is -0.0333. The number of aromatic nitrogens is 1. The van der Waals surface area contributed by atoms with Crippen molar-refractivity contribution >= 4 is 17.4 Å². The van der Waals surface area contributed by atoms with Crippen LogP contribution in [0.1, 0.15) is 5.56 Å². The van der Waals surface area contributed by atoms with Gasteiger partial charge in [-0.25, -0.2) is 4.98 Å². The molecule has 0 radical (unpaired) electrons. The first-order valence-corrected chi connectivity index (χ1v) is 5.53. The molecule has 0 unspecified atom stereocenters. The standard InChI is InChI=1S/C11H18ClN3O/c1-14(2)4-5-15(3)11-10(12)6-9(8-16)7-13-11/h6-7,16H,4-5,8H2,1-3H3. The van der Waals surface area contributed by atoms with Crippen molar-refractivity contribution in [3.8, 4) is 0 Å². The van der Waals surface area contributed by atoms with Crippen molar-refractivity contribution in [1.82, 2.24) is 9.88 Å². The van der Waals surface area contributed by atoms with Crippen LogP contribution in [0, 0.1) is 0 Å². The molecule has 0 aliphatic carbocycles. The smallest absolute Gasteiger partial charge is 0.147 e. The number of aliphatic hydroxyl groups excluding tert-OH is 1. The number of likely N-dealkylation sites (N-methyl/N-ethyl adjacent to an activating group) is 2. The molecular weight excluding hydrogens is 226 g/mol. The van der Waals surface area contributed by atoms with Gasteiger partial charge in [0, 0.05) is 26.3 Å². The molecule has 0 fully saturated rings. The number of hydrogen-bond donors (Lipinski definition) is 1. The lowest BCUT2D eigenvalue weighted by molar-refractivity contribution is 0.281. The van der Waals surface area contributed by atoms with Crippen LogP contribution in [0.25, 0.3) is 0 Å². The van der Waals surface area contributed by atoms with E-state index in [0.29, 0.717) is 5.02 Å². The SMILES string of the molecule is CN(C)CCN(C)c1ncc(CO)cc1Cl. The third-order valence-corrected chi connectivity index (χ3v) is 2.58. The summed E-state index contributed by atoms with van der Waals surface area (Å²) in [5, 5.41) is 9.53. The van der Waals surface area contributed by atoms with Crippen molar-refractivity contribution in [1.29, 1.82) is 0 Å². The van der Waals surface area contributed by atoms with Gasteiger partial charge < -0.3 is 14.9 Å². The molecule has 0 bridgehead atoms. The van der Waals surface area contributed by atoms with E-state index in [1.54, 1.807) is 12.3 Å². The Morgan fingerprint density at radius 3 is 2.50 bits per heavy atom. The lowest BCUT2D eigenvalue weighted by Crippen LogP contribution is -2.29. The second kappa shape index (κ2) is 6.03. The van der Waals surface area contributed by atoms with Gasteiger partial charge in [0.2, 0.25) is 0 Å². The van der Waals surface area contributed by atoms with Gasteiger partial charge in [0.05, 0.1) is 11.6 Å². The highest BCUT2D eigenvalue weighted by Gasteiger charge is 2.08. The Bertz CT molecular complexity index is 344. The molecule has 0 aliphatic heterocycles. The van der Waals surface area contributed by atoms with Crippen molar-refractivity contribution in [3.63, 3.8) is 0 Å². The number of halogens is 1. The van der Waals surface area contributed by atoms with Crippen LogP contribution < -0.4 is 4.90 Å². The highest BCUT2D eigenvalue weighted by atomic mass is 35.5. The Morgan fingerprint density at radius 2 is 2.00 bits per heavy atom. The summed E-state index contributed by atoms with van der Waals surface area (Å²) >= 11 is 6.09. The summed E-state index contributed by atoms with van der Waals surface area (Å²) in [4.78, 5) is 8.35. The zero-order valence-electron chi connectivity index (χ0n) is 9.94. The van der Waals surface area contributed by atoms with E-state index in [4.69, 9.17) is 16.7 Å². The number of pyridine rings is 1. The van der Waals surface area contributed by atoms with Gasteiger partial charge in [0.1, 0.15) is 5.82 Å². The fourth-order valence-corrected chi connectivity index (χ4v) is 1.63. The van der Waals surface area contributed by atoms with E-state index >= 15 is 0 Å². The van der Waals surface area contributed by atoms with Gasteiger partial charge in [0.25, 0.3) is 0 Å². The van der Waals surface area contributed by atoms with Crippen molar-refractivity contribution in [2.45, 2.75) is 6.61 Å². The summed E-state index contributed by atoms with van der Waals surface area (Å²) in [5.41, 5.74) is 0.731. The first-order chi connectivity index (χ1) is 7.54. The molecule has 0 saturated carbocycles. The second-order valence-electron chi connectivity index (χ2n) is 4.03. The summed E-state index contributed by atoms with van der Waals surface area (Å²) in [6.07, 6.45) is 1.65. The summed E-state index contributed by atoms with van der Waals surface area (Å²) in [6, 6.07) is 1.75. The molecule has 1 heterocycles. The van der Waals surface area contributed by atoms with Gasteiger partial charge in [-0.1, -0.05) is 11.6 Å². The van der Waals surface area contributed by atoms with Gasteiger partial charge in [-0.05, 0) is 25.7 Å². The number of hydrogen-bond acceptors (Lipinski definition) is 4. The van der Waals surface area contributed by atoms with Crippen LogP contribution in [0.15, 0.2) is 12.3 Å². The quantitative estimate of drug-likeness (QED) is 0.845. The van der Waals surface area contributed by atoms with E-state index < -0.39 is 0 Å². The Balaban J connectivity index is 2.71. The Kier molecular flexibility index (Phi) is 4.99. The minimum Gasteiger partial charge on any atom is -0.392 e. The molecule has 16 heavy (non-hydrogen) atoms. The summed E-state index contributed by atoms with van der Waals surface area (Å²) in [6.45, 7) is 1.77. The van der Waals surface area contributed by atoms with Gasteiger partial charge in [0.15, 0.2) is 0 Å². The highest BCUT2D eigenvalue weighted by molar-refractivity contribution is 6.33. The molecule has 0 aliphatic rings. The Hall–Kier alpha value is -0.840. The van der Waals surface area contributed by atoms with E-state index in [-0.39, 0.29) is 6.61 Å². The number of anilines is 1. The predicted molar refractivity (Wildman–Crippen MR) is 67.0 cm³/mol. The van der Waals surface area contributed by atoms with Crippen molar-refractivity contribution in [2.24, 2.45) is 0 Å². The maximum Gasteiger partial charge on any atom is 0.147 e. The first-order valence-electron chi connectivity index (χ1n) is 5.15. The summed E-state index contributed by atoms with van der Waals surface area (Å²) in [5.74, 6) is 0.751. The minimum absolute atomic E-state index is 0.0333. The molecule has 0 spiro atoms. The lowest BCUT2D eigenvalue weighted by Gasteiger charge is -2.21. The van der Waals surface area contributed by atoms with Gasteiger partial charge in [-0.3, -0.25) is 0 Å². The molecule has 90 valence electrons. The largest absolute Gasteiger partial charge is 0.392 e. The molecule has 1 aromatic heterocycles. The zero-order valence-corrected chi connectivity index (χ0v) is 10.7. The monoisotopic (exact) mass is 243 g/mol. The third kappa shape index (κ3) is 3.63. The summed E-state index contributed by atoms with van der Waals surface area (Å²) < 4.78 is 0. The number of nitrogens with zero attached hydrogens (tertiary/aromatic N) is 3. The third-order valence-electron chi connectivity index (χ3n) is 2.31. The number of rotatable bonds is 5. The Morgan fingerprint density at radius 1 is 1.31 bits per heavy atom. The molecular formula is C11H18ClN3O. The van der Waals surface area contributed by atoms with Crippen LogP contribution in [-0.2, 0) is 6.61 Å². The highest BCUT2D eigenvalue weighted by Crippen LogP contribution is 2.22. The van der Waals surface area contributed by atoms with Crippen LogP contribution in [0.5, 0.6) is 0 Å². The van der Waals surface area contributed by atoms with Crippen molar-refractivity contribution < 1.29 is 5.11 Å². The maximum absolute atomic E-state index is 8.95. The molecule has 0 atom stereocenters. The van der Waals surface area contributed by atoms with Crippen LogP contribution in [-0.4, -0.2) is 49.2 Å². The topological polar surface area (TPSA) is 39.6 Å². The van der Waals surface area contributed by atoms with Crippen LogP contribution in [0.3, 0.4) is 0 Å². The predicted octanol–water partition coefficient (Wildman–Crippen LogP) is 1.23. The Labute approximate surface area is 101 Å². The lowest BCUT2D eigenvalue weighted by atomic mass is 10.3. The van der Waals surface area contributed by atoms with E-state index in [0.717, 1.165) is 24.5 Å². The zero-order chi connectivity index (χ0) is 12.1. The van der Waals surface area contributed by atoms with Crippen LogP contribution in [0.4, 0.5) is 5.82 Å². The molecule has 0 saturated heterocycles. The van der Waals surface area contributed by atoms with Crippen molar-refractivity contribution in [3.05, 3.63) is 22.8 Å². The fourth-order valence-electron chi connectivity index (χ4n) is 1.29. The van der Waals surface area contributed by atoms with Crippen LogP contribution >= 0.6 is 11.6 Å². The molecule has 1 rings (SSSR count). The molecule has 0 amide bonds. The number of aliphatic hydroxyl groups is 1. The van der Waals surface area contributed by atoms with Gasteiger partial charge in [-0.15, -0.1) is 0 Å². The van der Waals surface area contributed by atoms with Crippen molar-refractivity contribution in [2.75, 3.05) is 39.1 Å². The molecule has 1 N–H and O–H groups in total.